The van der Waals surface area contributed by atoms with Crippen molar-refractivity contribution in [1.29, 1.82) is 5.26 Å². The number of aryl methyl sites for hydroxylation is 1. The predicted molar refractivity (Wildman–Crippen MR) is 86.3 cm³/mol. The first-order valence-electron chi connectivity index (χ1n) is 7.46. The Kier molecular flexibility index (Phi) is 3.14. The van der Waals surface area contributed by atoms with E-state index in [-0.39, 0.29) is 5.88 Å². The van der Waals surface area contributed by atoms with E-state index in [1.807, 2.05) is 43.3 Å². The number of furan rings is 1. The Balaban J connectivity index is 1.97. The Morgan fingerprint density at radius 2 is 2.00 bits per heavy atom. The first kappa shape index (κ1) is 14.2. The molecule has 3 heterocycles. The van der Waals surface area contributed by atoms with Crippen molar-refractivity contribution in [3.63, 3.8) is 0 Å². The highest BCUT2D eigenvalue weighted by atomic mass is 16.5. The van der Waals surface area contributed by atoms with Crippen LogP contribution in [0, 0.1) is 18.3 Å². The molecule has 1 aliphatic rings. The van der Waals surface area contributed by atoms with Crippen LogP contribution in [-0.4, -0.2) is 9.78 Å². The van der Waals surface area contributed by atoms with Crippen LogP contribution < -0.4 is 10.5 Å². The van der Waals surface area contributed by atoms with Crippen LogP contribution in [0.2, 0.25) is 0 Å². The molecular formula is C18H14N4O2. The van der Waals surface area contributed by atoms with Crippen molar-refractivity contribution < 1.29 is 9.15 Å². The molecule has 4 rings (SSSR count). The lowest BCUT2D eigenvalue weighted by atomic mass is 9.88. The van der Waals surface area contributed by atoms with Gasteiger partial charge in [-0.1, -0.05) is 18.2 Å². The zero-order chi connectivity index (χ0) is 16.7. The summed E-state index contributed by atoms with van der Waals surface area (Å²) in [5.74, 6) is 0.793. The molecule has 0 unspecified atom stereocenters. The van der Waals surface area contributed by atoms with Gasteiger partial charge in [0.15, 0.2) is 0 Å². The van der Waals surface area contributed by atoms with E-state index in [1.165, 1.54) is 0 Å². The number of nitriles is 1. The van der Waals surface area contributed by atoms with E-state index in [9.17, 15) is 5.26 Å². The first-order chi connectivity index (χ1) is 11.7. The highest BCUT2D eigenvalue weighted by Crippen LogP contribution is 2.44. The van der Waals surface area contributed by atoms with Crippen LogP contribution in [-0.2, 0) is 0 Å². The van der Waals surface area contributed by atoms with Crippen molar-refractivity contribution in [2.45, 2.75) is 12.8 Å². The number of ether oxygens (including phenoxy) is 1. The van der Waals surface area contributed by atoms with Crippen LogP contribution in [0.3, 0.4) is 0 Å². The number of benzene rings is 1. The molecule has 0 radical (unpaired) electrons. The number of fused-ring (bicyclic) bond motifs is 1. The molecule has 0 amide bonds. The topological polar surface area (TPSA) is 90.0 Å². The molecule has 0 fully saturated rings. The van der Waals surface area contributed by atoms with Gasteiger partial charge in [0.25, 0.3) is 0 Å². The highest BCUT2D eigenvalue weighted by molar-refractivity contribution is 5.55. The maximum atomic E-state index is 9.53. The molecular weight excluding hydrogens is 304 g/mol. The van der Waals surface area contributed by atoms with E-state index in [0.29, 0.717) is 17.2 Å². The number of aromatic nitrogens is 2. The van der Waals surface area contributed by atoms with E-state index in [4.69, 9.17) is 14.9 Å². The van der Waals surface area contributed by atoms with Gasteiger partial charge in [-0.05, 0) is 31.2 Å². The summed E-state index contributed by atoms with van der Waals surface area (Å²) >= 11 is 0. The summed E-state index contributed by atoms with van der Waals surface area (Å²) in [6, 6.07) is 15.4. The molecule has 0 spiro atoms. The summed E-state index contributed by atoms with van der Waals surface area (Å²) < 4.78 is 13.0. The van der Waals surface area contributed by atoms with Crippen molar-refractivity contribution in [2.75, 3.05) is 0 Å². The normalized spacial score (nSPS) is 16.4. The van der Waals surface area contributed by atoms with Gasteiger partial charge in [-0.3, -0.25) is 0 Å². The quantitative estimate of drug-likeness (QED) is 0.784. The fraction of sp³-hybridized carbons (Fsp3) is 0.111. The van der Waals surface area contributed by atoms with Crippen molar-refractivity contribution in [2.24, 2.45) is 5.73 Å². The van der Waals surface area contributed by atoms with Crippen LogP contribution >= 0.6 is 0 Å². The van der Waals surface area contributed by atoms with Gasteiger partial charge in [0.1, 0.15) is 17.4 Å². The number of hydrogen-bond acceptors (Lipinski definition) is 5. The second kappa shape index (κ2) is 5.32. The molecule has 0 saturated heterocycles. The van der Waals surface area contributed by atoms with Gasteiger partial charge < -0.3 is 14.9 Å². The Labute approximate surface area is 138 Å². The summed E-state index contributed by atoms with van der Waals surface area (Å²) in [5.41, 5.74) is 8.74. The average Bonchev–Trinajstić information content (AvgIpc) is 3.23. The van der Waals surface area contributed by atoms with E-state index >= 15 is 0 Å². The third-order valence-electron chi connectivity index (χ3n) is 4.06. The Morgan fingerprint density at radius 1 is 1.21 bits per heavy atom. The number of allylic oxidation sites excluding steroid dienone is 1. The van der Waals surface area contributed by atoms with Gasteiger partial charge >= 0.3 is 0 Å². The molecule has 1 aliphatic heterocycles. The smallest absolute Gasteiger partial charge is 0.229 e. The fourth-order valence-corrected chi connectivity index (χ4v) is 3.00. The predicted octanol–water partition coefficient (Wildman–Crippen LogP) is 2.99. The lowest BCUT2D eigenvalue weighted by Gasteiger charge is -2.23. The third kappa shape index (κ3) is 1.99. The second-order valence-corrected chi connectivity index (χ2v) is 5.49. The maximum Gasteiger partial charge on any atom is 0.229 e. The lowest BCUT2D eigenvalue weighted by molar-refractivity contribution is 0.360. The summed E-state index contributed by atoms with van der Waals surface area (Å²) in [6.07, 6.45) is 1.58. The summed E-state index contributed by atoms with van der Waals surface area (Å²) in [4.78, 5) is 0. The monoisotopic (exact) mass is 318 g/mol. The Bertz CT molecular complexity index is 963. The van der Waals surface area contributed by atoms with Crippen LogP contribution in [0.5, 0.6) is 5.88 Å². The molecule has 2 aromatic heterocycles. The van der Waals surface area contributed by atoms with Gasteiger partial charge in [-0.2, -0.15) is 10.4 Å². The van der Waals surface area contributed by atoms with E-state index in [2.05, 4.69) is 11.2 Å². The zero-order valence-corrected chi connectivity index (χ0v) is 12.9. The van der Waals surface area contributed by atoms with Crippen LogP contribution in [0.25, 0.3) is 5.69 Å². The van der Waals surface area contributed by atoms with E-state index in [1.54, 1.807) is 17.0 Å². The average molecular weight is 318 g/mol. The Hall–Kier alpha value is -3.46. The molecule has 24 heavy (non-hydrogen) atoms. The van der Waals surface area contributed by atoms with Gasteiger partial charge in [0, 0.05) is 0 Å². The fourth-order valence-electron chi connectivity index (χ4n) is 3.00. The first-order valence-corrected chi connectivity index (χ1v) is 7.46. The minimum Gasteiger partial charge on any atom is -0.468 e. The molecule has 118 valence electrons. The highest BCUT2D eigenvalue weighted by Gasteiger charge is 2.37. The SMILES string of the molecule is Cc1nn(-c2ccccc2)c2c1[C@H](c1ccco1)C(C#N)=C(N)O2. The molecule has 0 bridgehead atoms. The molecule has 1 aromatic carbocycles. The summed E-state index contributed by atoms with van der Waals surface area (Å²) in [7, 11) is 0. The van der Waals surface area contributed by atoms with Crippen molar-refractivity contribution >= 4 is 0 Å². The Morgan fingerprint density at radius 3 is 2.67 bits per heavy atom. The van der Waals surface area contributed by atoms with Gasteiger partial charge in [0.2, 0.25) is 11.8 Å². The minimum atomic E-state index is -0.425. The molecule has 0 aliphatic carbocycles. The van der Waals surface area contributed by atoms with Gasteiger partial charge in [0.05, 0.1) is 29.1 Å². The largest absolute Gasteiger partial charge is 0.468 e. The number of nitrogens with zero attached hydrogens (tertiary/aromatic N) is 3. The maximum absolute atomic E-state index is 9.53. The van der Waals surface area contributed by atoms with Gasteiger partial charge in [-0.15, -0.1) is 0 Å². The molecule has 2 N–H and O–H groups in total. The summed E-state index contributed by atoms with van der Waals surface area (Å²) in [6.45, 7) is 1.88. The van der Waals surface area contributed by atoms with Crippen molar-refractivity contribution in [3.8, 4) is 17.6 Å². The van der Waals surface area contributed by atoms with Crippen molar-refractivity contribution in [3.05, 3.63) is 77.2 Å². The summed E-state index contributed by atoms with van der Waals surface area (Å²) in [5, 5.41) is 14.1. The number of rotatable bonds is 2. The van der Waals surface area contributed by atoms with E-state index < -0.39 is 5.92 Å². The van der Waals surface area contributed by atoms with E-state index in [0.717, 1.165) is 16.9 Å². The van der Waals surface area contributed by atoms with Gasteiger partial charge in [-0.25, -0.2) is 4.68 Å². The lowest BCUT2D eigenvalue weighted by Crippen LogP contribution is -2.21. The van der Waals surface area contributed by atoms with Crippen molar-refractivity contribution in [1.82, 2.24) is 9.78 Å². The van der Waals surface area contributed by atoms with Crippen LogP contribution in [0.1, 0.15) is 22.9 Å². The number of nitrogens with two attached hydrogens (primary N) is 1. The number of hydrogen-bond donors (Lipinski definition) is 1. The van der Waals surface area contributed by atoms with Crippen LogP contribution in [0.15, 0.2) is 64.6 Å². The molecule has 6 heteroatoms. The molecule has 6 nitrogen and oxygen atoms in total. The molecule has 1 atom stereocenters. The standard InChI is InChI=1S/C18H14N4O2/c1-11-15-16(14-8-5-9-23-14)13(10-19)17(20)24-18(15)22(21-11)12-6-3-2-4-7-12/h2-9,16H,20H2,1H3/t16-/m0/s1. The number of para-hydroxylation sites is 1. The van der Waals surface area contributed by atoms with Crippen LogP contribution in [0.4, 0.5) is 0 Å². The zero-order valence-electron chi connectivity index (χ0n) is 12.9. The second-order valence-electron chi connectivity index (χ2n) is 5.49. The molecule has 0 saturated carbocycles. The minimum absolute atomic E-state index is 0.0727. The molecule has 3 aromatic rings. The third-order valence-corrected chi connectivity index (χ3v) is 4.06.